The minimum atomic E-state index is -5.01. The van der Waals surface area contributed by atoms with E-state index in [1.54, 1.807) is 0 Å². The number of halogens is 3. The fraction of sp³-hybridized carbons (Fsp3) is 0.143. The minimum absolute atomic E-state index is 0.00773. The fourth-order valence-electron chi connectivity index (χ4n) is 2.05. The molecule has 0 fully saturated rings. The van der Waals surface area contributed by atoms with Crippen LogP contribution in [0.5, 0.6) is 17.2 Å². The summed E-state index contributed by atoms with van der Waals surface area (Å²) < 4.78 is 78.2. The third-order valence-electron chi connectivity index (χ3n) is 2.99. The molecule has 0 atom stereocenters. The molecule has 24 heavy (non-hydrogen) atoms. The molecular weight excluding hydrogens is 351 g/mol. The van der Waals surface area contributed by atoms with Crippen LogP contribution in [0.4, 0.5) is 18.9 Å². The minimum Gasteiger partial charge on any atom is -0.454 e. The zero-order chi connectivity index (χ0) is 17.4. The zero-order valence-corrected chi connectivity index (χ0v) is 12.6. The lowest BCUT2D eigenvalue weighted by atomic mass is 10.3. The molecule has 0 aliphatic carbocycles. The summed E-state index contributed by atoms with van der Waals surface area (Å²) in [6, 6.07) is 8.71. The van der Waals surface area contributed by atoms with Crippen LogP contribution in [0.2, 0.25) is 0 Å². The third kappa shape index (κ3) is 3.48. The van der Waals surface area contributed by atoms with Gasteiger partial charge in [-0.25, -0.2) is 8.42 Å². The average molecular weight is 361 g/mol. The van der Waals surface area contributed by atoms with Crippen LogP contribution in [0.15, 0.2) is 47.4 Å². The highest BCUT2D eigenvalue weighted by molar-refractivity contribution is 7.92. The molecule has 0 radical (unpaired) electrons. The van der Waals surface area contributed by atoms with Crippen molar-refractivity contribution in [3.63, 3.8) is 0 Å². The van der Waals surface area contributed by atoms with Crippen molar-refractivity contribution in [2.24, 2.45) is 0 Å². The van der Waals surface area contributed by atoms with E-state index in [0.717, 1.165) is 12.1 Å². The topological polar surface area (TPSA) is 73.9 Å². The number of hydrogen-bond donors (Lipinski definition) is 1. The van der Waals surface area contributed by atoms with Crippen molar-refractivity contribution in [2.75, 3.05) is 11.5 Å². The summed E-state index contributed by atoms with van der Waals surface area (Å²) in [6.45, 7) is 0.00773. The van der Waals surface area contributed by atoms with Gasteiger partial charge in [0.2, 0.25) is 6.79 Å². The Labute approximate surface area is 134 Å². The van der Waals surface area contributed by atoms with E-state index in [-0.39, 0.29) is 12.5 Å². The van der Waals surface area contributed by atoms with Crippen molar-refractivity contribution < 1.29 is 35.8 Å². The Bertz CT molecular complexity index is 867. The first-order valence-corrected chi connectivity index (χ1v) is 8.00. The highest BCUT2D eigenvalue weighted by Gasteiger charge is 2.34. The average Bonchev–Trinajstić information content (AvgIpc) is 2.93. The molecule has 1 aliphatic heterocycles. The number of anilines is 1. The molecule has 1 N–H and O–H groups in total. The molecule has 128 valence electrons. The van der Waals surface area contributed by atoms with E-state index in [4.69, 9.17) is 9.47 Å². The third-order valence-corrected chi connectivity index (χ3v) is 4.41. The Kier molecular flexibility index (Phi) is 3.91. The Morgan fingerprint density at radius 2 is 1.75 bits per heavy atom. The summed E-state index contributed by atoms with van der Waals surface area (Å²) in [5.74, 6) is -0.0491. The van der Waals surface area contributed by atoms with Gasteiger partial charge in [0.05, 0.1) is 5.69 Å². The Morgan fingerprint density at radius 3 is 2.50 bits per heavy atom. The largest absolute Gasteiger partial charge is 0.573 e. The van der Waals surface area contributed by atoms with Crippen molar-refractivity contribution in [3.05, 3.63) is 42.5 Å². The van der Waals surface area contributed by atoms with E-state index in [2.05, 4.69) is 9.46 Å². The second kappa shape index (κ2) is 5.78. The maximum atomic E-state index is 12.4. The quantitative estimate of drug-likeness (QED) is 0.906. The Balaban J connectivity index is 1.91. The van der Waals surface area contributed by atoms with Crippen molar-refractivity contribution >= 4 is 15.7 Å². The molecule has 0 bridgehead atoms. The lowest BCUT2D eigenvalue weighted by Gasteiger charge is -2.14. The lowest BCUT2D eigenvalue weighted by Crippen LogP contribution is -2.20. The molecule has 2 aromatic carbocycles. The van der Waals surface area contributed by atoms with Crippen LogP contribution < -0.4 is 18.9 Å². The van der Waals surface area contributed by atoms with Gasteiger partial charge in [0.15, 0.2) is 11.5 Å². The van der Waals surface area contributed by atoms with Gasteiger partial charge in [0.25, 0.3) is 10.0 Å². The lowest BCUT2D eigenvalue weighted by molar-refractivity contribution is -0.275. The monoisotopic (exact) mass is 361 g/mol. The van der Waals surface area contributed by atoms with Crippen molar-refractivity contribution in [2.45, 2.75) is 11.3 Å². The standard InChI is InChI=1S/C14H10F3NO5S/c15-14(16,17)23-11-3-1-2-4-13(11)24(19,20)18-9-5-6-10-12(7-9)22-8-21-10/h1-7,18H,8H2. The predicted octanol–water partition coefficient (Wildman–Crippen LogP) is 3.11. The van der Waals surface area contributed by atoms with Gasteiger partial charge in [0, 0.05) is 6.07 Å². The van der Waals surface area contributed by atoms with Crippen LogP contribution >= 0.6 is 0 Å². The van der Waals surface area contributed by atoms with E-state index in [1.165, 1.54) is 30.3 Å². The van der Waals surface area contributed by atoms with E-state index in [9.17, 15) is 21.6 Å². The number of alkyl halides is 3. The van der Waals surface area contributed by atoms with Crippen LogP contribution in [0, 0.1) is 0 Å². The smallest absolute Gasteiger partial charge is 0.454 e. The molecule has 1 heterocycles. The van der Waals surface area contributed by atoms with Crippen LogP contribution in [0.25, 0.3) is 0 Å². The van der Waals surface area contributed by atoms with Gasteiger partial charge < -0.3 is 14.2 Å². The van der Waals surface area contributed by atoms with Crippen LogP contribution in [-0.2, 0) is 10.0 Å². The second-order valence-electron chi connectivity index (χ2n) is 4.67. The number of sulfonamides is 1. The predicted molar refractivity (Wildman–Crippen MR) is 76.5 cm³/mol. The molecule has 0 spiro atoms. The SMILES string of the molecule is O=S(=O)(Nc1ccc2c(c1)OCO2)c1ccccc1OC(F)(F)F. The van der Waals surface area contributed by atoms with Crippen molar-refractivity contribution in [3.8, 4) is 17.2 Å². The summed E-state index contributed by atoms with van der Waals surface area (Å²) in [7, 11) is -4.31. The number of nitrogens with one attached hydrogen (secondary N) is 1. The highest BCUT2D eigenvalue weighted by Crippen LogP contribution is 2.36. The van der Waals surface area contributed by atoms with Crippen molar-refractivity contribution in [1.82, 2.24) is 0 Å². The summed E-state index contributed by atoms with van der Waals surface area (Å²) in [6.07, 6.45) is -5.01. The van der Waals surface area contributed by atoms with Gasteiger partial charge in [-0.15, -0.1) is 13.2 Å². The first kappa shape index (κ1) is 16.2. The second-order valence-corrected chi connectivity index (χ2v) is 6.32. The normalized spacial score (nSPS) is 13.6. The van der Waals surface area contributed by atoms with Crippen LogP contribution in [-0.4, -0.2) is 21.6 Å². The van der Waals surface area contributed by atoms with Gasteiger partial charge >= 0.3 is 6.36 Å². The van der Waals surface area contributed by atoms with E-state index < -0.39 is 27.0 Å². The highest BCUT2D eigenvalue weighted by atomic mass is 32.2. The number of para-hydroxylation sites is 1. The summed E-state index contributed by atoms with van der Waals surface area (Å²) in [5, 5.41) is 0. The van der Waals surface area contributed by atoms with Gasteiger partial charge in [-0.05, 0) is 24.3 Å². The van der Waals surface area contributed by atoms with Crippen LogP contribution in [0.3, 0.4) is 0 Å². The molecule has 0 amide bonds. The van der Waals surface area contributed by atoms with E-state index >= 15 is 0 Å². The summed E-state index contributed by atoms with van der Waals surface area (Å²) in [4.78, 5) is -0.639. The Morgan fingerprint density at radius 1 is 1.04 bits per heavy atom. The van der Waals surface area contributed by atoms with Gasteiger partial charge in [0.1, 0.15) is 10.6 Å². The molecule has 2 aromatic rings. The maximum absolute atomic E-state index is 12.4. The number of fused-ring (bicyclic) bond motifs is 1. The molecule has 0 aromatic heterocycles. The van der Waals surface area contributed by atoms with Gasteiger partial charge in [-0.3, -0.25) is 4.72 Å². The molecule has 0 saturated carbocycles. The molecule has 0 saturated heterocycles. The summed E-state index contributed by atoms with van der Waals surface area (Å²) in [5.41, 5.74) is 0.112. The van der Waals surface area contributed by atoms with Gasteiger partial charge in [-0.2, -0.15) is 0 Å². The summed E-state index contributed by atoms with van der Waals surface area (Å²) >= 11 is 0. The number of rotatable bonds is 4. The molecule has 6 nitrogen and oxygen atoms in total. The molecular formula is C14H10F3NO5S. The first-order chi connectivity index (χ1) is 11.2. The Hall–Kier alpha value is -2.62. The first-order valence-electron chi connectivity index (χ1n) is 6.52. The van der Waals surface area contributed by atoms with E-state index in [0.29, 0.717) is 11.5 Å². The zero-order valence-electron chi connectivity index (χ0n) is 11.8. The van der Waals surface area contributed by atoms with Gasteiger partial charge in [-0.1, -0.05) is 12.1 Å². The maximum Gasteiger partial charge on any atom is 0.573 e. The number of benzene rings is 2. The molecule has 10 heteroatoms. The van der Waals surface area contributed by atoms with Crippen molar-refractivity contribution in [1.29, 1.82) is 0 Å². The van der Waals surface area contributed by atoms with E-state index in [1.807, 2.05) is 0 Å². The molecule has 1 aliphatic rings. The fourth-order valence-corrected chi connectivity index (χ4v) is 3.23. The number of hydrogen-bond acceptors (Lipinski definition) is 5. The number of ether oxygens (including phenoxy) is 3. The molecule has 0 unspecified atom stereocenters. The molecule has 3 rings (SSSR count). The van der Waals surface area contributed by atoms with Crippen LogP contribution in [0.1, 0.15) is 0 Å².